The molecule has 1 aromatic rings. The van der Waals surface area contributed by atoms with Crippen LogP contribution in [0.15, 0.2) is 40.2 Å². The van der Waals surface area contributed by atoms with Crippen molar-refractivity contribution in [3.05, 3.63) is 30.3 Å². The second kappa shape index (κ2) is 15.2. The Balaban J connectivity index is 0.00000625. The van der Waals surface area contributed by atoms with E-state index in [0.29, 0.717) is 30.6 Å². The van der Waals surface area contributed by atoms with Gasteiger partial charge < -0.3 is 15.4 Å². The van der Waals surface area contributed by atoms with Crippen molar-refractivity contribution in [2.24, 2.45) is 4.99 Å². The first kappa shape index (κ1) is 25.1. The minimum Gasteiger partial charge on any atom is -0.381 e. The van der Waals surface area contributed by atoms with Gasteiger partial charge in [0.15, 0.2) is 15.8 Å². The molecule has 2 N–H and O–H groups in total. The number of hydrogen-bond donors (Lipinski definition) is 2. The number of unbranched alkanes of at least 4 members (excludes halogenated alkanes) is 1. The van der Waals surface area contributed by atoms with E-state index >= 15 is 0 Å². The lowest BCUT2D eigenvalue weighted by molar-refractivity contribution is 0.130. The predicted octanol–water partition coefficient (Wildman–Crippen LogP) is 2.84. The quantitative estimate of drug-likeness (QED) is 0.201. The van der Waals surface area contributed by atoms with Crippen LogP contribution in [-0.2, 0) is 14.6 Å². The molecule has 0 aliphatic heterocycles. The molecule has 0 spiro atoms. The van der Waals surface area contributed by atoms with Gasteiger partial charge in [-0.1, -0.05) is 31.5 Å². The highest BCUT2D eigenvalue weighted by atomic mass is 127. The highest BCUT2D eigenvalue weighted by Gasteiger charge is 2.13. The number of ether oxygens (including phenoxy) is 1. The number of guanidine groups is 1. The third kappa shape index (κ3) is 11.0. The molecule has 0 unspecified atom stereocenters. The number of halogens is 1. The molecule has 150 valence electrons. The summed E-state index contributed by atoms with van der Waals surface area (Å²) in [5, 5.41) is 6.20. The second-order valence-corrected chi connectivity index (χ2v) is 7.75. The zero-order chi connectivity index (χ0) is 18.4. The zero-order valence-electron chi connectivity index (χ0n) is 15.7. The van der Waals surface area contributed by atoms with E-state index in [0.717, 1.165) is 32.4 Å². The number of benzene rings is 1. The molecular weight excluding hydrogens is 465 g/mol. The lowest BCUT2D eigenvalue weighted by Gasteiger charge is -2.11. The van der Waals surface area contributed by atoms with E-state index in [1.54, 1.807) is 30.3 Å². The topological polar surface area (TPSA) is 79.8 Å². The SMILES string of the molecule is CCCCOCCCN=C(NCC)NCCS(=O)(=O)c1ccccc1.I. The highest BCUT2D eigenvalue weighted by Crippen LogP contribution is 2.09. The summed E-state index contributed by atoms with van der Waals surface area (Å²) in [5.74, 6) is 0.668. The maximum atomic E-state index is 12.2. The van der Waals surface area contributed by atoms with Crippen LogP contribution >= 0.6 is 24.0 Å². The first-order valence-corrected chi connectivity index (χ1v) is 10.6. The number of nitrogens with one attached hydrogen (secondary N) is 2. The van der Waals surface area contributed by atoms with Gasteiger partial charge in [0.2, 0.25) is 0 Å². The first-order valence-electron chi connectivity index (χ1n) is 8.98. The minimum atomic E-state index is -3.27. The summed E-state index contributed by atoms with van der Waals surface area (Å²) < 4.78 is 30.0. The molecule has 1 rings (SSSR count). The summed E-state index contributed by atoms with van der Waals surface area (Å²) >= 11 is 0. The summed E-state index contributed by atoms with van der Waals surface area (Å²) in [7, 11) is -3.27. The molecule has 0 aromatic heterocycles. The van der Waals surface area contributed by atoms with Gasteiger partial charge in [-0.2, -0.15) is 0 Å². The third-order valence-electron chi connectivity index (χ3n) is 3.47. The van der Waals surface area contributed by atoms with Gasteiger partial charge in [0.25, 0.3) is 0 Å². The monoisotopic (exact) mass is 497 g/mol. The van der Waals surface area contributed by atoms with E-state index in [9.17, 15) is 8.42 Å². The van der Waals surface area contributed by atoms with Crippen molar-refractivity contribution in [1.82, 2.24) is 10.6 Å². The van der Waals surface area contributed by atoms with Crippen molar-refractivity contribution in [2.75, 3.05) is 38.6 Å². The number of hydrogen-bond acceptors (Lipinski definition) is 4. The molecule has 1 aromatic carbocycles. The van der Waals surface area contributed by atoms with E-state index in [1.165, 1.54) is 0 Å². The maximum Gasteiger partial charge on any atom is 0.191 e. The van der Waals surface area contributed by atoms with Crippen molar-refractivity contribution < 1.29 is 13.2 Å². The van der Waals surface area contributed by atoms with Crippen LogP contribution in [0.5, 0.6) is 0 Å². The fraction of sp³-hybridized carbons (Fsp3) is 0.611. The van der Waals surface area contributed by atoms with E-state index in [1.807, 2.05) is 6.92 Å². The van der Waals surface area contributed by atoms with Crippen LogP contribution in [0.25, 0.3) is 0 Å². The molecule has 0 bridgehead atoms. The Labute approximate surface area is 175 Å². The average Bonchev–Trinajstić information content (AvgIpc) is 2.61. The third-order valence-corrected chi connectivity index (χ3v) is 5.20. The van der Waals surface area contributed by atoms with Crippen molar-refractivity contribution in [1.29, 1.82) is 0 Å². The van der Waals surface area contributed by atoms with Crippen molar-refractivity contribution >= 4 is 39.8 Å². The molecule has 0 aliphatic rings. The van der Waals surface area contributed by atoms with Gasteiger partial charge in [0, 0.05) is 32.8 Å². The lowest BCUT2D eigenvalue weighted by Crippen LogP contribution is -2.39. The Morgan fingerprint density at radius 1 is 1.08 bits per heavy atom. The summed E-state index contributed by atoms with van der Waals surface area (Å²) in [5.41, 5.74) is 0. The van der Waals surface area contributed by atoms with Crippen LogP contribution in [-0.4, -0.2) is 53.0 Å². The lowest BCUT2D eigenvalue weighted by atomic mass is 10.4. The van der Waals surface area contributed by atoms with Crippen LogP contribution in [0.2, 0.25) is 0 Å². The van der Waals surface area contributed by atoms with Crippen LogP contribution in [0.3, 0.4) is 0 Å². The summed E-state index contributed by atoms with van der Waals surface area (Å²) in [6, 6.07) is 8.50. The van der Waals surface area contributed by atoms with Gasteiger partial charge in [-0.05, 0) is 31.9 Å². The van der Waals surface area contributed by atoms with Crippen molar-refractivity contribution in [2.45, 2.75) is 38.0 Å². The fourth-order valence-corrected chi connectivity index (χ4v) is 3.28. The van der Waals surface area contributed by atoms with Gasteiger partial charge in [-0.3, -0.25) is 4.99 Å². The molecule has 0 heterocycles. The molecule has 0 amide bonds. The smallest absolute Gasteiger partial charge is 0.191 e. The molecule has 0 aliphatic carbocycles. The largest absolute Gasteiger partial charge is 0.381 e. The Bertz CT molecular complexity index is 595. The van der Waals surface area contributed by atoms with E-state index in [2.05, 4.69) is 22.5 Å². The first-order chi connectivity index (χ1) is 12.1. The standard InChI is InChI=1S/C18H31N3O3S.HI/c1-3-5-14-24-15-9-12-20-18(19-4-2)21-13-16-25(22,23)17-10-7-6-8-11-17;/h6-8,10-11H,3-5,9,12-16H2,1-2H3,(H2,19,20,21);1H. The molecule has 6 nitrogen and oxygen atoms in total. The number of nitrogens with zero attached hydrogens (tertiary/aromatic N) is 1. The predicted molar refractivity (Wildman–Crippen MR) is 118 cm³/mol. The molecular formula is C18H32IN3O3S. The minimum absolute atomic E-state index is 0. The average molecular weight is 497 g/mol. The van der Waals surface area contributed by atoms with E-state index < -0.39 is 9.84 Å². The summed E-state index contributed by atoms with van der Waals surface area (Å²) in [4.78, 5) is 4.79. The number of sulfone groups is 1. The number of rotatable bonds is 12. The molecule has 0 atom stereocenters. The Morgan fingerprint density at radius 2 is 1.77 bits per heavy atom. The van der Waals surface area contributed by atoms with E-state index in [-0.39, 0.29) is 29.7 Å². The number of aliphatic imine (C=N–C) groups is 1. The van der Waals surface area contributed by atoms with Crippen LogP contribution in [0.4, 0.5) is 0 Å². The Kier molecular flexibility index (Phi) is 14.7. The van der Waals surface area contributed by atoms with Crippen LogP contribution in [0, 0.1) is 0 Å². The molecule has 0 saturated carbocycles. The van der Waals surface area contributed by atoms with Crippen LogP contribution in [0.1, 0.15) is 33.1 Å². The zero-order valence-corrected chi connectivity index (χ0v) is 18.9. The summed E-state index contributed by atoms with van der Waals surface area (Å²) in [6.45, 7) is 7.31. The molecule has 0 saturated heterocycles. The van der Waals surface area contributed by atoms with Gasteiger partial charge in [-0.15, -0.1) is 24.0 Å². The molecule has 26 heavy (non-hydrogen) atoms. The van der Waals surface area contributed by atoms with E-state index in [4.69, 9.17) is 4.74 Å². The van der Waals surface area contributed by atoms with Crippen molar-refractivity contribution in [3.8, 4) is 0 Å². The molecule has 8 heteroatoms. The van der Waals surface area contributed by atoms with Gasteiger partial charge in [0.1, 0.15) is 0 Å². The molecule has 0 radical (unpaired) electrons. The second-order valence-electron chi connectivity index (χ2n) is 5.64. The van der Waals surface area contributed by atoms with Gasteiger partial charge in [0.05, 0.1) is 10.6 Å². The molecule has 0 fully saturated rings. The van der Waals surface area contributed by atoms with Gasteiger partial charge >= 0.3 is 0 Å². The Morgan fingerprint density at radius 3 is 2.42 bits per heavy atom. The highest BCUT2D eigenvalue weighted by molar-refractivity contribution is 14.0. The fourth-order valence-electron chi connectivity index (χ4n) is 2.10. The van der Waals surface area contributed by atoms with Crippen LogP contribution < -0.4 is 10.6 Å². The summed E-state index contributed by atoms with van der Waals surface area (Å²) in [6.07, 6.45) is 3.07. The Hall–Kier alpha value is -0.870. The van der Waals surface area contributed by atoms with Crippen molar-refractivity contribution in [3.63, 3.8) is 0 Å². The maximum absolute atomic E-state index is 12.2. The normalized spacial score (nSPS) is 11.7. The van der Waals surface area contributed by atoms with Gasteiger partial charge in [-0.25, -0.2) is 8.42 Å².